The molecule has 0 bridgehead atoms. The molecule has 0 unspecified atom stereocenters. The number of fused-ring (bicyclic) bond motifs is 3. The van der Waals surface area contributed by atoms with E-state index in [0.717, 1.165) is 28.6 Å². The van der Waals surface area contributed by atoms with Crippen LogP contribution >= 0.6 is 34.4 Å². The minimum Gasteiger partial charge on any atom is -0.383 e. The number of rotatable bonds is 6. The predicted molar refractivity (Wildman–Crippen MR) is 126 cm³/mol. The van der Waals surface area contributed by atoms with Crippen molar-refractivity contribution in [1.82, 2.24) is 25.5 Å². The first-order valence-electron chi connectivity index (χ1n) is 10.1. The first-order valence-corrected chi connectivity index (χ1v) is 12.7. The van der Waals surface area contributed by atoms with Crippen LogP contribution in [0.5, 0.6) is 0 Å². The summed E-state index contributed by atoms with van der Waals surface area (Å²) in [5, 5.41) is 13.5. The molecule has 3 N–H and O–H groups in total. The minimum absolute atomic E-state index is 0.282. The van der Waals surface area contributed by atoms with E-state index in [4.69, 9.17) is 10.7 Å². The highest BCUT2D eigenvalue weighted by Gasteiger charge is 2.20. The summed E-state index contributed by atoms with van der Waals surface area (Å²) < 4.78 is 13.0. The smallest absolute Gasteiger partial charge is 0.282 e. The zero-order valence-corrected chi connectivity index (χ0v) is 19.4. The number of nitrogens with one attached hydrogen (secondary N) is 1. The molecule has 0 spiro atoms. The Morgan fingerprint density at radius 3 is 2.78 bits per heavy atom. The first kappa shape index (κ1) is 21.2. The molecule has 0 radical (unpaired) electrons. The van der Waals surface area contributed by atoms with Crippen LogP contribution in [0.4, 0.5) is 10.2 Å². The summed E-state index contributed by atoms with van der Waals surface area (Å²) in [6, 6.07) is 5.98. The van der Waals surface area contributed by atoms with Gasteiger partial charge in [0.05, 0.1) is 11.1 Å². The lowest BCUT2D eigenvalue weighted by molar-refractivity contribution is 0.0950. The van der Waals surface area contributed by atoms with E-state index in [0.29, 0.717) is 28.3 Å². The Morgan fingerprint density at radius 1 is 1.12 bits per heavy atom. The van der Waals surface area contributed by atoms with Crippen LogP contribution in [-0.2, 0) is 25.1 Å². The van der Waals surface area contributed by atoms with E-state index in [1.807, 2.05) is 0 Å². The molecule has 3 heterocycles. The third kappa shape index (κ3) is 4.45. The Hall–Kier alpha value is -2.63. The summed E-state index contributed by atoms with van der Waals surface area (Å²) in [5.41, 5.74) is 8.40. The molecule has 0 fully saturated rings. The summed E-state index contributed by atoms with van der Waals surface area (Å²) >= 11 is 4.38. The van der Waals surface area contributed by atoms with Crippen molar-refractivity contribution in [2.45, 2.75) is 43.1 Å². The number of halogens is 1. The van der Waals surface area contributed by atoms with Crippen molar-refractivity contribution in [3.63, 3.8) is 0 Å². The van der Waals surface area contributed by atoms with Crippen LogP contribution in [0.15, 0.2) is 29.4 Å². The topological polar surface area (TPSA) is 107 Å². The van der Waals surface area contributed by atoms with Crippen molar-refractivity contribution in [1.29, 1.82) is 0 Å². The van der Waals surface area contributed by atoms with Gasteiger partial charge in [-0.25, -0.2) is 14.4 Å². The molecule has 1 aromatic carbocycles. The molecule has 7 nitrogen and oxygen atoms in total. The van der Waals surface area contributed by atoms with Gasteiger partial charge in [0, 0.05) is 11.4 Å². The number of nitrogens with zero attached hydrogens (tertiary/aromatic N) is 4. The van der Waals surface area contributed by atoms with Crippen molar-refractivity contribution in [2.24, 2.45) is 0 Å². The van der Waals surface area contributed by atoms with E-state index in [1.165, 1.54) is 58.5 Å². The van der Waals surface area contributed by atoms with Crippen molar-refractivity contribution in [3.8, 4) is 0 Å². The Kier molecular flexibility index (Phi) is 6.03. The number of amides is 1. The molecule has 1 aliphatic carbocycles. The van der Waals surface area contributed by atoms with Gasteiger partial charge < -0.3 is 11.1 Å². The quantitative estimate of drug-likeness (QED) is 0.308. The lowest BCUT2D eigenvalue weighted by Crippen LogP contribution is -2.22. The van der Waals surface area contributed by atoms with E-state index in [9.17, 15) is 9.18 Å². The summed E-state index contributed by atoms with van der Waals surface area (Å²) in [7, 11) is 0. The molecule has 1 amide bonds. The molecule has 11 heteroatoms. The van der Waals surface area contributed by atoms with Gasteiger partial charge >= 0.3 is 0 Å². The molecule has 4 aromatic rings. The lowest BCUT2D eigenvalue weighted by Gasteiger charge is -2.10. The number of hydrogen-bond donors (Lipinski definition) is 2. The zero-order valence-electron chi connectivity index (χ0n) is 16.9. The Morgan fingerprint density at radius 2 is 1.94 bits per heavy atom. The molecular weight excluding hydrogens is 467 g/mol. The number of carbonyl (C=O) groups is 1. The number of aromatic nitrogens is 4. The van der Waals surface area contributed by atoms with Crippen molar-refractivity contribution in [2.75, 3.05) is 5.73 Å². The number of nitrogens with two attached hydrogens (primary N) is 1. The molecule has 164 valence electrons. The van der Waals surface area contributed by atoms with Crippen LogP contribution in [-0.4, -0.2) is 26.1 Å². The number of hydrogen-bond acceptors (Lipinski definition) is 9. The Labute approximate surface area is 195 Å². The van der Waals surface area contributed by atoms with Crippen LogP contribution in [0.3, 0.4) is 0 Å². The number of thiophene rings is 1. The number of anilines is 1. The van der Waals surface area contributed by atoms with E-state index in [-0.39, 0.29) is 16.7 Å². The van der Waals surface area contributed by atoms with Crippen LogP contribution in [0.1, 0.15) is 43.7 Å². The van der Waals surface area contributed by atoms with Gasteiger partial charge in [-0.2, -0.15) is 0 Å². The fourth-order valence-electron chi connectivity index (χ4n) is 3.62. The Bertz CT molecular complexity index is 1290. The van der Waals surface area contributed by atoms with Crippen LogP contribution in [0, 0.1) is 5.82 Å². The number of benzene rings is 1. The maximum atomic E-state index is 13.0. The van der Waals surface area contributed by atoms with Gasteiger partial charge in [0.1, 0.15) is 21.5 Å². The van der Waals surface area contributed by atoms with Crippen LogP contribution in [0.2, 0.25) is 0 Å². The van der Waals surface area contributed by atoms with E-state index in [2.05, 4.69) is 20.5 Å². The molecule has 0 saturated heterocycles. The van der Waals surface area contributed by atoms with Gasteiger partial charge in [-0.05, 0) is 48.9 Å². The van der Waals surface area contributed by atoms with Gasteiger partial charge in [0.25, 0.3) is 5.91 Å². The summed E-state index contributed by atoms with van der Waals surface area (Å²) in [6.45, 7) is 0.292. The predicted octanol–water partition coefficient (Wildman–Crippen LogP) is 4.37. The van der Waals surface area contributed by atoms with Crippen LogP contribution in [0.25, 0.3) is 10.2 Å². The third-order valence-corrected chi connectivity index (χ3v) is 8.32. The molecule has 0 saturated carbocycles. The SMILES string of the molecule is Nc1nc(SCc2nnc(C(=O)NCc3ccc(F)cc3)s2)nc2sc3c(c12)CCCC3. The van der Waals surface area contributed by atoms with Gasteiger partial charge in [-0.3, -0.25) is 4.79 Å². The fraction of sp³-hybridized carbons (Fsp3) is 0.286. The molecule has 1 aliphatic rings. The third-order valence-electron chi connectivity index (χ3n) is 5.17. The highest BCUT2D eigenvalue weighted by molar-refractivity contribution is 7.98. The maximum absolute atomic E-state index is 13.0. The van der Waals surface area contributed by atoms with E-state index >= 15 is 0 Å². The molecule has 0 atom stereocenters. The second-order valence-electron chi connectivity index (χ2n) is 7.38. The summed E-state index contributed by atoms with van der Waals surface area (Å²) in [4.78, 5) is 23.9. The highest BCUT2D eigenvalue weighted by atomic mass is 32.2. The molecule has 3 aromatic heterocycles. The highest BCUT2D eigenvalue weighted by Crippen LogP contribution is 2.38. The molecular formula is C21H19FN6OS3. The zero-order chi connectivity index (χ0) is 22.1. The Balaban J connectivity index is 1.22. The average Bonchev–Trinajstić information content (AvgIpc) is 3.42. The number of carbonyl (C=O) groups excluding carboxylic acids is 1. The van der Waals surface area contributed by atoms with E-state index < -0.39 is 0 Å². The molecule has 0 aliphatic heterocycles. The van der Waals surface area contributed by atoms with Crippen molar-refractivity contribution < 1.29 is 9.18 Å². The summed E-state index contributed by atoms with van der Waals surface area (Å²) in [6.07, 6.45) is 4.54. The second-order valence-corrected chi connectivity index (χ2v) is 10.5. The molecule has 32 heavy (non-hydrogen) atoms. The van der Waals surface area contributed by atoms with Crippen molar-refractivity contribution >= 4 is 56.4 Å². The number of aryl methyl sites for hydroxylation is 2. The van der Waals surface area contributed by atoms with Crippen molar-refractivity contribution in [3.05, 3.63) is 56.1 Å². The van der Waals surface area contributed by atoms with Gasteiger partial charge in [0.2, 0.25) is 5.01 Å². The second kappa shape index (κ2) is 9.08. The number of nitrogen functional groups attached to an aromatic ring is 1. The normalized spacial score (nSPS) is 13.3. The standard InChI is InChI=1S/C21H19FN6OS3/c22-12-7-5-11(6-8-12)9-24-18(29)20-28-27-15(32-20)10-30-21-25-17(23)16-13-3-1-2-4-14(13)31-19(16)26-21/h5-8H,1-4,9-10H2,(H,24,29)(H2,23,25,26). The minimum atomic E-state index is -0.311. The van der Waals surface area contributed by atoms with Gasteiger partial charge in [-0.1, -0.05) is 35.2 Å². The monoisotopic (exact) mass is 486 g/mol. The van der Waals surface area contributed by atoms with E-state index in [1.54, 1.807) is 23.5 Å². The summed E-state index contributed by atoms with van der Waals surface area (Å²) in [5.74, 6) is 0.415. The van der Waals surface area contributed by atoms with Gasteiger partial charge in [-0.15, -0.1) is 21.5 Å². The molecule has 5 rings (SSSR count). The maximum Gasteiger partial charge on any atom is 0.282 e. The number of thioether (sulfide) groups is 1. The largest absolute Gasteiger partial charge is 0.383 e. The first-order chi connectivity index (χ1) is 15.6. The average molecular weight is 487 g/mol. The fourth-order valence-corrected chi connectivity index (χ4v) is 6.54. The lowest BCUT2D eigenvalue weighted by atomic mass is 9.97. The van der Waals surface area contributed by atoms with Gasteiger partial charge in [0.15, 0.2) is 5.16 Å². The van der Waals surface area contributed by atoms with Crippen LogP contribution < -0.4 is 11.1 Å².